The molecule has 0 bridgehead atoms. The van der Waals surface area contributed by atoms with Crippen LogP contribution in [0.25, 0.3) is 0 Å². The second-order valence-electron chi connectivity index (χ2n) is 5.15. The van der Waals surface area contributed by atoms with E-state index in [4.69, 9.17) is 10.5 Å². The number of methoxy groups -OCH3 is 1. The van der Waals surface area contributed by atoms with Gasteiger partial charge in [-0.2, -0.15) is 0 Å². The molecule has 21 heavy (non-hydrogen) atoms. The summed E-state index contributed by atoms with van der Waals surface area (Å²) < 4.78 is 5.14. The molecule has 0 saturated heterocycles. The number of nitrogens with two attached hydrogens (primary N) is 1. The van der Waals surface area contributed by atoms with Crippen LogP contribution in [0.3, 0.4) is 0 Å². The summed E-state index contributed by atoms with van der Waals surface area (Å²) in [5.41, 5.74) is 8.72. The highest BCUT2D eigenvalue weighted by atomic mass is 16.5. The molecule has 0 radical (unpaired) electrons. The minimum atomic E-state index is -0.179. The fourth-order valence-corrected chi connectivity index (χ4v) is 2.16. The lowest BCUT2D eigenvalue weighted by Gasteiger charge is -2.14. The number of benzene rings is 2. The van der Waals surface area contributed by atoms with Crippen LogP contribution in [0.2, 0.25) is 0 Å². The van der Waals surface area contributed by atoms with Gasteiger partial charge in [0, 0.05) is 11.3 Å². The Morgan fingerprint density at radius 1 is 1.19 bits per heavy atom. The largest absolute Gasteiger partial charge is 0.495 e. The molecular formula is C17H20N2O2. The van der Waals surface area contributed by atoms with Crippen LogP contribution in [-0.2, 0) is 0 Å². The van der Waals surface area contributed by atoms with Gasteiger partial charge in [0.2, 0.25) is 0 Å². The summed E-state index contributed by atoms with van der Waals surface area (Å²) in [7, 11) is 1.53. The number of nitrogen functional groups attached to an aromatic ring is 1. The molecule has 2 aromatic rings. The Kier molecular flexibility index (Phi) is 4.48. The number of para-hydroxylation sites is 1. The molecule has 2 rings (SSSR count). The third-order valence-electron chi connectivity index (χ3n) is 3.33. The van der Waals surface area contributed by atoms with Gasteiger partial charge in [-0.3, -0.25) is 4.79 Å². The molecule has 0 saturated carbocycles. The molecule has 0 spiro atoms. The van der Waals surface area contributed by atoms with Crippen LogP contribution < -0.4 is 15.8 Å². The molecule has 0 aliphatic heterocycles. The van der Waals surface area contributed by atoms with Crippen molar-refractivity contribution in [2.24, 2.45) is 0 Å². The highest BCUT2D eigenvalue weighted by Gasteiger charge is 2.12. The van der Waals surface area contributed by atoms with Gasteiger partial charge >= 0.3 is 0 Å². The van der Waals surface area contributed by atoms with Gasteiger partial charge in [0.05, 0.1) is 12.8 Å². The predicted molar refractivity (Wildman–Crippen MR) is 85.9 cm³/mol. The Morgan fingerprint density at radius 2 is 1.90 bits per heavy atom. The average Bonchev–Trinajstić information content (AvgIpc) is 2.48. The van der Waals surface area contributed by atoms with Crippen molar-refractivity contribution in [1.82, 2.24) is 0 Å². The van der Waals surface area contributed by atoms with Gasteiger partial charge in [-0.25, -0.2) is 0 Å². The number of carbonyl (C=O) groups is 1. The van der Waals surface area contributed by atoms with E-state index in [0.29, 0.717) is 22.9 Å². The van der Waals surface area contributed by atoms with E-state index >= 15 is 0 Å². The van der Waals surface area contributed by atoms with E-state index in [2.05, 4.69) is 19.2 Å². The number of rotatable bonds is 4. The van der Waals surface area contributed by atoms with Crippen molar-refractivity contribution < 1.29 is 9.53 Å². The smallest absolute Gasteiger partial charge is 0.255 e. The van der Waals surface area contributed by atoms with E-state index in [9.17, 15) is 4.79 Å². The molecule has 2 aromatic carbocycles. The monoisotopic (exact) mass is 284 g/mol. The van der Waals surface area contributed by atoms with E-state index < -0.39 is 0 Å². The van der Waals surface area contributed by atoms with Crippen molar-refractivity contribution in [2.45, 2.75) is 19.8 Å². The fraction of sp³-hybridized carbons (Fsp3) is 0.235. The second kappa shape index (κ2) is 6.31. The van der Waals surface area contributed by atoms with E-state index in [1.54, 1.807) is 18.2 Å². The lowest BCUT2D eigenvalue weighted by molar-refractivity contribution is 0.102. The summed E-state index contributed by atoms with van der Waals surface area (Å²) in [5, 5.41) is 2.94. The van der Waals surface area contributed by atoms with E-state index in [0.717, 1.165) is 11.3 Å². The minimum Gasteiger partial charge on any atom is -0.495 e. The van der Waals surface area contributed by atoms with Gasteiger partial charge in [0.25, 0.3) is 5.91 Å². The first kappa shape index (κ1) is 14.9. The first-order valence-corrected chi connectivity index (χ1v) is 6.86. The Labute approximate surface area is 124 Å². The molecule has 0 fully saturated rings. The van der Waals surface area contributed by atoms with Gasteiger partial charge in [-0.05, 0) is 35.7 Å². The molecule has 0 unspecified atom stereocenters. The summed E-state index contributed by atoms with van der Waals surface area (Å²) in [6.07, 6.45) is 0. The van der Waals surface area contributed by atoms with Crippen molar-refractivity contribution in [3.05, 3.63) is 53.6 Å². The van der Waals surface area contributed by atoms with E-state index in [-0.39, 0.29) is 5.91 Å². The summed E-state index contributed by atoms with van der Waals surface area (Å²) in [5.74, 6) is 0.656. The molecule has 1 amide bonds. The topological polar surface area (TPSA) is 64.3 Å². The highest BCUT2D eigenvalue weighted by Crippen LogP contribution is 2.26. The maximum Gasteiger partial charge on any atom is 0.255 e. The summed E-state index contributed by atoms with van der Waals surface area (Å²) >= 11 is 0. The van der Waals surface area contributed by atoms with Crippen molar-refractivity contribution in [1.29, 1.82) is 0 Å². The molecule has 3 N–H and O–H groups in total. The first-order chi connectivity index (χ1) is 10.0. The maximum atomic E-state index is 12.4. The SMILES string of the molecule is COc1cc(C(=O)Nc2ccccc2C(C)C)ccc1N. The van der Waals surface area contributed by atoms with E-state index in [1.807, 2.05) is 24.3 Å². The third kappa shape index (κ3) is 3.34. The predicted octanol–water partition coefficient (Wildman–Crippen LogP) is 3.65. The zero-order valence-corrected chi connectivity index (χ0v) is 12.5. The summed E-state index contributed by atoms with van der Waals surface area (Å²) in [6.45, 7) is 4.19. The minimum absolute atomic E-state index is 0.179. The number of hydrogen-bond acceptors (Lipinski definition) is 3. The molecule has 4 nitrogen and oxygen atoms in total. The van der Waals surface area contributed by atoms with Gasteiger partial charge in [-0.15, -0.1) is 0 Å². The number of ether oxygens (including phenoxy) is 1. The van der Waals surface area contributed by atoms with Crippen molar-refractivity contribution in [2.75, 3.05) is 18.2 Å². The van der Waals surface area contributed by atoms with Crippen molar-refractivity contribution in [3.63, 3.8) is 0 Å². The van der Waals surface area contributed by atoms with Crippen molar-refractivity contribution in [3.8, 4) is 5.75 Å². The number of nitrogens with one attached hydrogen (secondary N) is 1. The highest BCUT2D eigenvalue weighted by molar-refractivity contribution is 6.05. The number of carbonyl (C=O) groups excluding carboxylic acids is 1. The van der Waals surface area contributed by atoms with Crippen LogP contribution in [0.4, 0.5) is 11.4 Å². The number of amides is 1. The van der Waals surface area contributed by atoms with Gasteiger partial charge in [0.15, 0.2) is 0 Å². The number of anilines is 2. The standard InChI is InChI=1S/C17H20N2O2/c1-11(2)13-6-4-5-7-15(13)19-17(20)12-8-9-14(18)16(10-12)21-3/h4-11H,18H2,1-3H3,(H,19,20). The third-order valence-corrected chi connectivity index (χ3v) is 3.33. The van der Waals surface area contributed by atoms with Crippen LogP contribution in [0.15, 0.2) is 42.5 Å². The van der Waals surface area contributed by atoms with Crippen LogP contribution in [0.1, 0.15) is 35.7 Å². The molecule has 0 aromatic heterocycles. The van der Waals surface area contributed by atoms with Crippen LogP contribution in [-0.4, -0.2) is 13.0 Å². The van der Waals surface area contributed by atoms with Crippen LogP contribution in [0.5, 0.6) is 5.75 Å². The maximum absolute atomic E-state index is 12.4. The van der Waals surface area contributed by atoms with E-state index in [1.165, 1.54) is 7.11 Å². The summed E-state index contributed by atoms with van der Waals surface area (Å²) in [4.78, 5) is 12.4. The lowest BCUT2D eigenvalue weighted by Crippen LogP contribution is -2.14. The van der Waals surface area contributed by atoms with Gasteiger partial charge in [0.1, 0.15) is 5.75 Å². The summed E-state index contributed by atoms with van der Waals surface area (Å²) in [6, 6.07) is 12.8. The van der Waals surface area contributed by atoms with Gasteiger partial charge < -0.3 is 15.8 Å². The van der Waals surface area contributed by atoms with Crippen LogP contribution >= 0.6 is 0 Å². The molecule has 0 atom stereocenters. The normalized spacial score (nSPS) is 10.5. The average molecular weight is 284 g/mol. The molecule has 4 heteroatoms. The molecule has 110 valence electrons. The lowest BCUT2D eigenvalue weighted by atomic mass is 10.0. The molecule has 0 aliphatic rings. The number of hydrogen-bond donors (Lipinski definition) is 2. The Morgan fingerprint density at radius 3 is 2.57 bits per heavy atom. The Hall–Kier alpha value is -2.49. The second-order valence-corrected chi connectivity index (χ2v) is 5.15. The first-order valence-electron chi connectivity index (χ1n) is 6.86. The fourth-order valence-electron chi connectivity index (χ4n) is 2.16. The zero-order valence-electron chi connectivity index (χ0n) is 12.5. The quantitative estimate of drug-likeness (QED) is 0.842. The Balaban J connectivity index is 2.26. The molecule has 0 heterocycles. The zero-order chi connectivity index (χ0) is 15.4. The van der Waals surface area contributed by atoms with Crippen molar-refractivity contribution >= 4 is 17.3 Å². The van der Waals surface area contributed by atoms with Gasteiger partial charge in [-0.1, -0.05) is 32.0 Å². The molecular weight excluding hydrogens is 264 g/mol. The molecule has 0 aliphatic carbocycles. The van der Waals surface area contributed by atoms with Crippen LogP contribution in [0, 0.1) is 0 Å². The Bertz CT molecular complexity index is 651.